The predicted molar refractivity (Wildman–Crippen MR) is 147 cm³/mol. The summed E-state index contributed by atoms with van der Waals surface area (Å²) in [5.41, 5.74) is 2.08. The number of hydrogen-bond donors (Lipinski definition) is 0. The number of thiazole rings is 1. The number of ether oxygens (including phenoxy) is 1. The van der Waals surface area contributed by atoms with Gasteiger partial charge in [0.05, 0.1) is 17.6 Å². The van der Waals surface area contributed by atoms with Gasteiger partial charge in [-0.1, -0.05) is 72.3 Å². The van der Waals surface area contributed by atoms with Crippen molar-refractivity contribution in [3.8, 4) is 11.3 Å². The van der Waals surface area contributed by atoms with Crippen molar-refractivity contribution < 1.29 is 14.3 Å². The zero-order valence-corrected chi connectivity index (χ0v) is 21.8. The second-order valence-corrected chi connectivity index (χ2v) is 9.66. The van der Waals surface area contributed by atoms with Crippen molar-refractivity contribution in [3.63, 3.8) is 0 Å². The van der Waals surface area contributed by atoms with Gasteiger partial charge in [0.25, 0.3) is 11.5 Å². The van der Waals surface area contributed by atoms with Crippen LogP contribution in [0, 0.1) is 0 Å². The van der Waals surface area contributed by atoms with Gasteiger partial charge in [-0.25, -0.2) is 14.5 Å². The highest BCUT2D eigenvalue weighted by atomic mass is 35.5. The van der Waals surface area contributed by atoms with E-state index in [-0.39, 0.29) is 17.8 Å². The van der Waals surface area contributed by atoms with Gasteiger partial charge in [-0.15, -0.1) is 11.3 Å². The molecule has 2 heterocycles. The van der Waals surface area contributed by atoms with Crippen LogP contribution in [0.3, 0.4) is 0 Å². The number of benzene rings is 3. The van der Waals surface area contributed by atoms with Crippen molar-refractivity contribution in [2.75, 3.05) is 11.5 Å². The van der Waals surface area contributed by atoms with Gasteiger partial charge in [-0.05, 0) is 23.8 Å². The number of nitrogens with zero attached hydrogens (tertiary/aromatic N) is 4. The summed E-state index contributed by atoms with van der Waals surface area (Å²) in [6, 6.07) is 23.4. The molecule has 0 aliphatic heterocycles. The van der Waals surface area contributed by atoms with Crippen LogP contribution in [0.2, 0.25) is 5.02 Å². The maximum Gasteiger partial charge on any atom is 0.359 e. The summed E-state index contributed by atoms with van der Waals surface area (Å²) in [6.45, 7) is -0.286. The van der Waals surface area contributed by atoms with Crippen LogP contribution in [0.15, 0.2) is 89.0 Å². The molecule has 0 radical (unpaired) electrons. The van der Waals surface area contributed by atoms with Crippen LogP contribution in [-0.4, -0.2) is 33.2 Å². The summed E-state index contributed by atoms with van der Waals surface area (Å²) in [4.78, 5) is 44.9. The number of fused-ring (bicyclic) bond motifs is 1. The van der Waals surface area contributed by atoms with E-state index in [9.17, 15) is 14.4 Å². The fraction of sp³-hybridized carbons (Fsp3) is 0.107. The number of amides is 1. The monoisotopic (exact) mass is 544 g/mol. The summed E-state index contributed by atoms with van der Waals surface area (Å²) in [5.74, 6) is -1.25. The number of carbonyl (C=O) groups is 2. The summed E-state index contributed by atoms with van der Waals surface area (Å²) in [6.07, 6.45) is 0. The van der Waals surface area contributed by atoms with Gasteiger partial charge in [0.2, 0.25) is 0 Å². The molecule has 0 aliphatic carbocycles. The molecule has 0 aliphatic rings. The highest BCUT2D eigenvalue weighted by Gasteiger charge is 2.23. The average Bonchev–Trinajstić information content (AvgIpc) is 3.43. The Balaban J connectivity index is 1.39. The third-order valence-electron chi connectivity index (χ3n) is 5.82. The smallest absolute Gasteiger partial charge is 0.359 e. The number of aryl methyl sites for hydroxylation is 1. The first kappa shape index (κ1) is 25.3. The Morgan fingerprint density at radius 2 is 1.66 bits per heavy atom. The number of rotatable bonds is 7. The zero-order chi connectivity index (χ0) is 26.6. The van der Waals surface area contributed by atoms with Crippen molar-refractivity contribution in [1.29, 1.82) is 0 Å². The molecule has 190 valence electrons. The van der Waals surface area contributed by atoms with E-state index < -0.39 is 18.5 Å². The van der Waals surface area contributed by atoms with E-state index in [0.29, 0.717) is 26.6 Å². The Bertz CT molecular complexity index is 1680. The van der Waals surface area contributed by atoms with E-state index in [2.05, 4.69) is 10.1 Å². The molecule has 0 atom stereocenters. The molecular formula is C28H21ClN4O4S. The van der Waals surface area contributed by atoms with E-state index in [1.165, 1.54) is 23.3 Å². The lowest BCUT2D eigenvalue weighted by Crippen LogP contribution is -2.34. The first-order valence-corrected chi connectivity index (χ1v) is 12.9. The number of hydrogen-bond acceptors (Lipinski definition) is 7. The number of halogens is 1. The number of esters is 1. The van der Waals surface area contributed by atoms with Crippen LogP contribution in [0.1, 0.15) is 16.1 Å². The summed E-state index contributed by atoms with van der Waals surface area (Å²) < 4.78 is 6.47. The fourth-order valence-corrected chi connectivity index (χ4v) is 4.87. The number of aromatic nitrogens is 3. The molecule has 38 heavy (non-hydrogen) atoms. The van der Waals surface area contributed by atoms with Crippen molar-refractivity contribution in [1.82, 2.24) is 14.8 Å². The second-order valence-electron chi connectivity index (χ2n) is 8.39. The van der Waals surface area contributed by atoms with Crippen LogP contribution >= 0.6 is 22.9 Å². The molecule has 3 aromatic carbocycles. The lowest BCUT2D eigenvalue weighted by Gasteiger charge is -2.20. The van der Waals surface area contributed by atoms with Crippen LogP contribution in [0.4, 0.5) is 5.13 Å². The maximum atomic E-state index is 13.4. The van der Waals surface area contributed by atoms with Gasteiger partial charge >= 0.3 is 5.97 Å². The molecule has 0 spiro atoms. The van der Waals surface area contributed by atoms with Gasteiger partial charge < -0.3 is 4.74 Å². The highest BCUT2D eigenvalue weighted by Crippen LogP contribution is 2.29. The van der Waals surface area contributed by atoms with E-state index in [0.717, 1.165) is 15.8 Å². The lowest BCUT2D eigenvalue weighted by atomic mass is 10.1. The molecular weight excluding hydrogens is 524 g/mol. The number of carbonyl (C=O) groups excluding carboxylic acids is 2. The zero-order valence-electron chi connectivity index (χ0n) is 20.2. The van der Waals surface area contributed by atoms with Crippen LogP contribution in [0.25, 0.3) is 22.0 Å². The Kier molecular flexibility index (Phi) is 7.30. The van der Waals surface area contributed by atoms with Gasteiger partial charge in [-0.3, -0.25) is 14.5 Å². The minimum Gasteiger partial charge on any atom is -0.451 e. The molecule has 2 aromatic heterocycles. The van der Waals surface area contributed by atoms with Gasteiger partial charge in [0.15, 0.2) is 17.4 Å². The molecule has 0 saturated carbocycles. The minimum atomic E-state index is -0.800. The van der Waals surface area contributed by atoms with Crippen LogP contribution in [0.5, 0.6) is 0 Å². The second kappa shape index (κ2) is 11.0. The first-order chi connectivity index (χ1) is 18.4. The predicted octanol–water partition coefficient (Wildman–Crippen LogP) is 5.10. The minimum absolute atomic E-state index is 0.0376. The molecule has 0 unspecified atom stereocenters. The Hall–Kier alpha value is -4.34. The topological polar surface area (TPSA) is 94.4 Å². The molecule has 1 amide bonds. The standard InChI is InChI=1S/C28H21ClN4O4S/c1-32-26(35)22-10-6-5-9-21(22)25(31-32)27(36)37-16-24(34)33(15-18-7-3-2-4-8-18)28-30-23(17-38-28)19-11-13-20(29)14-12-19/h2-14,17H,15-16H2,1H3. The molecule has 10 heteroatoms. The third-order valence-corrected chi connectivity index (χ3v) is 6.94. The third kappa shape index (κ3) is 5.34. The van der Waals surface area contributed by atoms with E-state index in [4.69, 9.17) is 16.3 Å². The van der Waals surface area contributed by atoms with Crippen LogP contribution in [-0.2, 0) is 23.1 Å². The van der Waals surface area contributed by atoms with E-state index in [1.54, 1.807) is 36.4 Å². The molecule has 5 rings (SSSR count). The molecule has 0 bridgehead atoms. The Morgan fingerprint density at radius 3 is 2.39 bits per heavy atom. The molecule has 0 saturated heterocycles. The quantitative estimate of drug-likeness (QED) is 0.265. The van der Waals surface area contributed by atoms with Gasteiger partial charge in [-0.2, -0.15) is 5.10 Å². The largest absolute Gasteiger partial charge is 0.451 e. The summed E-state index contributed by atoms with van der Waals surface area (Å²) in [7, 11) is 1.46. The summed E-state index contributed by atoms with van der Waals surface area (Å²) >= 11 is 7.32. The summed E-state index contributed by atoms with van der Waals surface area (Å²) in [5, 5.41) is 7.72. The van der Waals surface area contributed by atoms with Crippen LogP contribution < -0.4 is 10.5 Å². The maximum absolute atomic E-state index is 13.4. The Morgan fingerprint density at radius 1 is 0.974 bits per heavy atom. The normalized spacial score (nSPS) is 10.9. The van der Waals surface area contributed by atoms with Gasteiger partial charge in [0.1, 0.15) is 0 Å². The fourth-order valence-electron chi connectivity index (χ4n) is 3.89. The SMILES string of the molecule is Cn1nc(C(=O)OCC(=O)N(Cc2ccccc2)c2nc(-c3ccc(Cl)cc3)cs2)c2ccccc2c1=O. The van der Waals surface area contributed by atoms with Crippen molar-refractivity contribution in [2.24, 2.45) is 7.05 Å². The highest BCUT2D eigenvalue weighted by molar-refractivity contribution is 7.14. The first-order valence-electron chi connectivity index (χ1n) is 11.6. The van der Waals surface area contributed by atoms with Crippen molar-refractivity contribution in [2.45, 2.75) is 6.54 Å². The Labute approximate surface area is 226 Å². The number of anilines is 1. The molecule has 5 aromatic rings. The van der Waals surface area contributed by atoms with E-state index in [1.807, 2.05) is 47.8 Å². The molecule has 0 N–H and O–H groups in total. The van der Waals surface area contributed by atoms with Gasteiger partial charge in [0, 0.05) is 28.4 Å². The molecule has 0 fully saturated rings. The molecule has 8 nitrogen and oxygen atoms in total. The average molecular weight is 545 g/mol. The van der Waals surface area contributed by atoms with E-state index >= 15 is 0 Å². The van der Waals surface area contributed by atoms with Crippen molar-refractivity contribution >= 4 is 50.7 Å². The van der Waals surface area contributed by atoms with Crippen molar-refractivity contribution in [3.05, 3.63) is 111 Å². The lowest BCUT2D eigenvalue weighted by molar-refractivity contribution is -0.121.